The Morgan fingerprint density at radius 1 is 1.15 bits per heavy atom. The van der Waals surface area contributed by atoms with E-state index >= 15 is 0 Å². The van der Waals surface area contributed by atoms with E-state index in [0.717, 1.165) is 0 Å². The van der Waals surface area contributed by atoms with Crippen LogP contribution in [0.2, 0.25) is 0 Å². The molecule has 0 fully saturated rings. The maximum atomic E-state index is 14.1. The third kappa shape index (κ3) is 3.25. The highest BCUT2D eigenvalue weighted by atomic mass is 19.3. The number of alkyl halides is 2. The van der Waals surface area contributed by atoms with E-state index in [0.29, 0.717) is 5.56 Å². The monoisotopic (exact) mass is 279 g/mol. The molecule has 0 saturated carbocycles. The number of rotatable bonds is 5. The largest absolute Gasteiger partial charge is 0.388 e. The Bertz CT molecular complexity index is 549. The first-order valence-corrected chi connectivity index (χ1v) is 6.67. The molecule has 0 radical (unpaired) electrons. The van der Waals surface area contributed by atoms with Crippen LogP contribution in [0.1, 0.15) is 31.1 Å². The van der Waals surface area contributed by atoms with E-state index in [1.807, 2.05) is 13.8 Å². The summed E-state index contributed by atoms with van der Waals surface area (Å²) < 4.78 is 29.7. The molecule has 108 valence electrons. The highest BCUT2D eigenvalue weighted by molar-refractivity contribution is 5.21. The van der Waals surface area contributed by atoms with E-state index < -0.39 is 18.6 Å². The first kappa shape index (κ1) is 14.7. The molecule has 4 heteroatoms. The van der Waals surface area contributed by atoms with Gasteiger partial charge >= 0.3 is 0 Å². The standard InChI is InChI=1S/C16H19F2NO/c1-12(2)15(20)13-8-9-19(10-13)11-16(17,18)14-6-4-3-5-7-14/h3-10,12,15,20H,11H2,1-2H3. The van der Waals surface area contributed by atoms with Crippen LogP contribution in [0, 0.1) is 5.92 Å². The molecule has 1 aromatic heterocycles. The van der Waals surface area contributed by atoms with E-state index in [2.05, 4.69) is 0 Å². The summed E-state index contributed by atoms with van der Waals surface area (Å²) in [6, 6.07) is 9.46. The molecule has 20 heavy (non-hydrogen) atoms. The van der Waals surface area contributed by atoms with Crippen LogP contribution >= 0.6 is 0 Å². The Hall–Kier alpha value is -1.68. The smallest absolute Gasteiger partial charge is 0.290 e. The van der Waals surface area contributed by atoms with Gasteiger partial charge in [-0.05, 0) is 17.5 Å². The minimum atomic E-state index is -2.93. The number of halogens is 2. The summed E-state index contributed by atoms with van der Waals surface area (Å²) >= 11 is 0. The van der Waals surface area contributed by atoms with Crippen molar-refractivity contribution in [2.75, 3.05) is 0 Å². The molecule has 1 atom stereocenters. The minimum Gasteiger partial charge on any atom is -0.388 e. The molecule has 1 heterocycles. The van der Waals surface area contributed by atoms with E-state index in [9.17, 15) is 13.9 Å². The van der Waals surface area contributed by atoms with Gasteiger partial charge in [0.15, 0.2) is 0 Å². The van der Waals surface area contributed by atoms with Gasteiger partial charge in [0.25, 0.3) is 5.92 Å². The maximum Gasteiger partial charge on any atom is 0.290 e. The fraction of sp³-hybridized carbons (Fsp3) is 0.375. The van der Waals surface area contributed by atoms with Crippen LogP contribution in [0.4, 0.5) is 8.78 Å². The van der Waals surface area contributed by atoms with E-state index in [1.54, 1.807) is 36.7 Å². The summed E-state index contributed by atoms with van der Waals surface area (Å²) in [6.45, 7) is 3.35. The first-order chi connectivity index (χ1) is 9.40. The number of hydrogen-bond acceptors (Lipinski definition) is 1. The van der Waals surface area contributed by atoms with Crippen LogP contribution in [0.5, 0.6) is 0 Å². The van der Waals surface area contributed by atoms with Crippen molar-refractivity contribution in [2.24, 2.45) is 5.92 Å². The number of aliphatic hydroxyl groups excluding tert-OH is 1. The summed E-state index contributed by atoms with van der Waals surface area (Å²) in [7, 11) is 0. The molecule has 1 aromatic carbocycles. The van der Waals surface area contributed by atoms with Crippen molar-refractivity contribution in [3.05, 3.63) is 59.9 Å². The zero-order valence-electron chi connectivity index (χ0n) is 11.6. The van der Waals surface area contributed by atoms with Gasteiger partial charge in [-0.1, -0.05) is 44.2 Å². The van der Waals surface area contributed by atoms with Crippen molar-refractivity contribution in [2.45, 2.75) is 32.4 Å². The van der Waals surface area contributed by atoms with Gasteiger partial charge in [0.05, 0.1) is 12.6 Å². The van der Waals surface area contributed by atoms with Crippen LogP contribution in [0.15, 0.2) is 48.8 Å². The summed E-state index contributed by atoms with van der Waals surface area (Å²) in [5, 5.41) is 9.93. The summed E-state index contributed by atoms with van der Waals surface area (Å²) in [4.78, 5) is 0. The average Bonchev–Trinajstić information content (AvgIpc) is 2.86. The lowest BCUT2D eigenvalue weighted by molar-refractivity contribution is -0.0222. The van der Waals surface area contributed by atoms with Gasteiger partial charge < -0.3 is 9.67 Å². The molecule has 0 saturated heterocycles. The van der Waals surface area contributed by atoms with Crippen molar-refractivity contribution in [3.8, 4) is 0 Å². The van der Waals surface area contributed by atoms with Gasteiger partial charge in [-0.2, -0.15) is 8.78 Å². The lowest BCUT2D eigenvalue weighted by Crippen LogP contribution is -2.20. The van der Waals surface area contributed by atoms with Crippen molar-refractivity contribution >= 4 is 0 Å². The molecule has 0 aliphatic rings. The third-order valence-electron chi connectivity index (χ3n) is 3.32. The van der Waals surface area contributed by atoms with Gasteiger partial charge in [-0.25, -0.2) is 0 Å². The van der Waals surface area contributed by atoms with Crippen molar-refractivity contribution in [1.29, 1.82) is 0 Å². The molecule has 0 amide bonds. The zero-order chi connectivity index (χ0) is 14.8. The Labute approximate surface area is 117 Å². The number of hydrogen-bond donors (Lipinski definition) is 1. The van der Waals surface area contributed by atoms with Crippen LogP contribution in [-0.4, -0.2) is 9.67 Å². The van der Waals surface area contributed by atoms with Crippen molar-refractivity contribution in [3.63, 3.8) is 0 Å². The molecule has 1 N–H and O–H groups in total. The molecule has 0 aliphatic carbocycles. The summed E-state index contributed by atoms with van der Waals surface area (Å²) in [5.74, 6) is -2.87. The van der Waals surface area contributed by atoms with Crippen LogP contribution in [0.25, 0.3) is 0 Å². The molecular weight excluding hydrogens is 260 g/mol. The predicted molar refractivity (Wildman–Crippen MR) is 74.6 cm³/mol. The second kappa shape index (κ2) is 5.75. The predicted octanol–water partition coefficient (Wildman–Crippen LogP) is 3.97. The number of aromatic nitrogens is 1. The zero-order valence-corrected chi connectivity index (χ0v) is 11.6. The second-order valence-corrected chi connectivity index (χ2v) is 5.38. The Morgan fingerprint density at radius 3 is 2.40 bits per heavy atom. The van der Waals surface area contributed by atoms with Gasteiger partial charge in [0.1, 0.15) is 0 Å². The number of benzene rings is 1. The summed E-state index contributed by atoms with van der Waals surface area (Å²) in [5.41, 5.74) is 0.670. The normalized spacial score (nSPS) is 13.7. The molecule has 2 nitrogen and oxygen atoms in total. The lowest BCUT2D eigenvalue weighted by atomic mass is 10.0. The Morgan fingerprint density at radius 2 is 1.80 bits per heavy atom. The fourth-order valence-electron chi connectivity index (χ4n) is 2.12. The number of aliphatic hydroxyl groups is 1. The van der Waals surface area contributed by atoms with Crippen molar-refractivity contribution in [1.82, 2.24) is 4.57 Å². The van der Waals surface area contributed by atoms with Crippen LogP contribution < -0.4 is 0 Å². The lowest BCUT2D eigenvalue weighted by Gasteiger charge is -2.17. The minimum absolute atomic E-state index is 0.000317. The fourth-order valence-corrected chi connectivity index (χ4v) is 2.12. The van der Waals surface area contributed by atoms with E-state index in [-0.39, 0.29) is 11.5 Å². The molecule has 0 spiro atoms. The molecule has 0 bridgehead atoms. The quantitative estimate of drug-likeness (QED) is 0.880. The Balaban J connectivity index is 2.14. The highest BCUT2D eigenvalue weighted by Gasteiger charge is 2.31. The van der Waals surface area contributed by atoms with Gasteiger partial charge in [0.2, 0.25) is 0 Å². The van der Waals surface area contributed by atoms with Gasteiger partial charge in [-0.3, -0.25) is 0 Å². The molecule has 0 aliphatic heterocycles. The molecule has 1 unspecified atom stereocenters. The SMILES string of the molecule is CC(C)C(O)c1ccn(CC(F)(F)c2ccccc2)c1. The van der Waals surface area contributed by atoms with Crippen LogP contribution in [0.3, 0.4) is 0 Å². The topological polar surface area (TPSA) is 25.2 Å². The second-order valence-electron chi connectivity index (χ2n) is 5.38. The molecule has 2 rings (SSSR count). The van der Waals surface area contributed by atoms with E-state index in [1.165, 1.54) is 16.7 Å². The summed E-state index contributed by atoms with van der Waals surface area (Å²) in [6.07, 6.45) is 2.54. The highest BCUT2D eigenvalue weighted by Crippen LogP contribution is 2.30. The number of nitrogens with zero attached hydrogens (tertiary/aromatic N) is 1. The average molecular weight is 279 g/mol. The van der Waals surface area contributed by atoms with Gasteiger partial charge in [0, 0.05) is 18.0 Å². The maximum absolute atomic E-state index is 14.1. The first-order valence-electron chi connectivity index (χ1n) is 6.67. The molecule has 2 aromatic rings. The van der Waals surface area contributed by atoms with E-state index in [4.69, 9.17) is 0 Å². The Kier molecular flexibility index (Phi) is 4.23. The molecular formula is C16H19F2NO. The van der Waals surface area contributed by atoms with Crippen LogP contribution in [-0.2, 0) is 12.5 Å². The van der Waals surface area contributed by atoms with Crippen molar-refractivity contribution < 1.29 is 13.9 Å². The van der Waals surface area contributed by atoms with Gasteiger partial charge in [-0.15, -0.1) is 0 Å². The third-order valence-corrected chi connectivity index (χ3v) is 3.32.